The second-order valence-electron chi connectivity index (χ2n) is 13.8. The lowest BCUT2D eigenvalue weighted by atomic mass is 9.78. The number of nitrogens with zero attached hydrogens (tertiary/aromatic N) is 1. The quantitative estimate of drug-likeness (QED) is 0.162. The monoisotopic (exact) mass is 624 g/mol. The number of methoxy groups -OCH3 is 2. The van der Waals surface area contributed by atoms with Gasteiger partial charge in [0, 0.05) is 45.1 Å². The number of carbonyl (C=O) groups is 1. The third-order valence-corrected chi connectivity index (χ3v) is 9.65. The number of ether oxygens (including phenoxy) is 3. The van der Waals surface area contributed by atoms with E-state index in [1.807, 2.05) is 6.07 Å². The maximum Gasteiger partial charge on any atom is 0.161 e. The smallest absolute Gasteiger partial charge is 0.161 e. The average Bonchev–Trinajstić information content (AvgIpc) is 3.02. The molecule has 7 nitrogen and oxygen atoms in total. The van der Waals surface area contributed by atoms with E-state index in [9.17, 15) is 9.90 Å². The van der Waals surface area contributed by atoms with Gasteiger partial charge in [-0.05, 0) is 92.1 Å². The Morgan fingerprint density at radius 2 is 1.64 bits per heavy atom. The number of aliphatic hydroxyl groups excluding tert-OH is 1. The predicted molar refractivity (Wildman–Crippen MR) is 183 cm³/mol. The first-order valence-electron chi connectivity index (χ1n) is 17.1. The summed E-state index contributed by atoms with van der Waals surface area (Å²) in [7, 11) is 3.34. The number of Topliss-reactive ketones (excluding diaryl/α,β-unsaturated/α-hetero) is 1. The Balaban J connectivity index is 1.52. The number of benzene rings is 2. The molecule has 0 spiro atoms. The van der Waals surface area contributed by atoms with E-state index in [2.05, 4.69) is 75.1 Å². The van der Waals surface area contributed by atoms with Gasteiger partial charge >= 0.3 is 0 Å². The number of piperidine rings is 1. The first-order chi connectivity index (χ1) is 21.6. The minimum atomic E-state index is -0.717. The van der Waals surface area contributed by atoms with Gasteiger partial charge in [0.15, 0.2) is 11.5 Å². The Morgan fingerprint density at radius 3 is 2.27 bits per heavy atom. The van der Waals surface area contributed by atoms with E-state index in [-0.39, 0.29) is 23.5 Å². The summed E-state index contributed by atoms with van der Waals surface area (Å²) in [6, 6.07) is 16.3. The summed E-state index contributed by atoms with van der Waals surface area (Å²) in [6.45, 7) is 12.8. The molecule has 2 aromatic carbocycles. The number of likely N-dealkylation sites (tertiary alicyclic amines) is 1. The summed E-state index contributed by atoms with van der Waals surface area (Å²) in [6.07, 6.45) is 4.73. The van der Waals surface area contributed by atoms with Crippen molar-refractivity contribution in [2.45, 2.75) is 91.3 Å². The summed E-state index contributed by atoms with van der Waals surface area (Å²) in [4.78, 5) is 16.0. The third-order valence-electron chi connectivity index (χ3n) is 9.65. The van der Waals surface area contributed by atoms with Crippen LogP contribution in [0.4, 0.5) is 0 Å². The molecule has 7 heteroatoms. The normalized spacial score (nSPS) is 17.3. The van der Waals surface area contributed by atoms with Crippen LogP contribution in [0.15, 0.2) is 48.5 Å². The van der Waals surface area contributed by atoms with Crippen molar-refractivity contribution in [3.05, 3.63) is 59.7 Å². The molecule has 1 heterocycles. The summed E-state index contributed by atoms with van der Waals surface area (Å²) in [5, 5.41) is 11.3. The molecule has 4 atom stereocenters. The van der Waals surface area contributed by atoms with E-state index < -0.39 is 12.1 Å². The second kappa shape index (κ2) is 19.3. The topological polar surface area (TPSA) is 94.2 Å². The van der Waals surface area contributed by atoms with Crippen LogP contribution in [0, 0.1) is 29.6 Å². The number of hydrogen-bond acceptors (Lipinski definition) is 7. The zero-order valence-corrected chi connectivity index (χ0v) is 28.8. The molecular formula is C38H60N2O5. The first-order valence-corrected chi connectivity index (χ1v) is 17.1. The summed E-state index contributed by atoms with van der Waals surface area (Å²) in [5.74, 6) is 2.80. The van der Waals surface area contributed by atoms with Crippen LogP contribution >= 0.6 is 0 Å². The summed E-state index contributed by atoms with van der Waals surface area (Å²) >= 11 is 0. The maximum absolute atomic E-state index is 13.6. The van der Waals surface area contributed by atoms with Crippen LogP contribution in [0.25, 0.3) is 0 Å². The van der Waals surface area contributed by atoms with Crippen LogP contribution in [-0.2, 0) is 22.5 Å². The molecule has 0 bridgehead atoms. The fraction of sp³-hybridized carbons (Fsp3) is 0.658. The highest BCUT2D eigenvalue weighted by Crippen LogP contribution is 2.32. The fourth-order valence-corrected chi connectivity index (χ4v) is 6.58. The number of nitrogens with two attached hydrogens (primary N) is 1. The highest BCUT2D eigenvalue weighted by molar-refractivity contribution is 5.81. The van der Waals surface area contributed by atoms with Crippen LogP contribution in [-0.4, -0.2) is 68.5 Å². The van der Waals surface area contributed by atoms with E-state index >= 15 is 0 Å². The van der Waals surface area contributed by atoms with Gasteiger partial charge in [-0.25, -0.2) is 0 Å². The molecule has 0 amide bonds. The van der Waals surface area contributed by atoms with Crippen LogP contribution < -0.4 is 15.2 Å². The molecule has 252 valence electrons. The molecule has 45 heavy (non-hydrogen) atoms. The lowest BCUT2D eigenvalue weighted by Crippen LogP contribution is -2.41. The molecule has 3 rings (SSSR count). The van der Waals surface area contributed by atoms with Crippen LogP contribution in [0.1, 0.15) is 77.3 Å². The van der Waals surface area contributed by atoms with Gasteiger partial charge < -0.3 is 25.1 Å². The van der Waals surface area contributed by atoms with Crippen molar-refractivity contribution in [2.24, 2.45) is 35.3 Å². The van der Waals surface area contributed by atoms with Gasteiger partial charge in [-0.1, -0.05) is 64.1 Å². The SMILES string of the molecule is COCCCOc1cc(C[C@@H](C[C@H](N)[C@@H](O)C[C@H](C(=O)CC2CCN(Cc3ccccc3)CC2)C(C)C)C(C)C)ccc1OC. The molecule has 1 saturated heterocycles. The Morgan fingerprint density at radius 1 is 0.933 bits per heavy atom. The molecule has 1 fully saturated rings. The Kier molecular flexibility index (Phi) is 15.8. The van der Waals surface area contributed by atoms with Gasteiger partial charge in [-0.15, -0.1) is 0 Å². The van der Waals surface area contributed by atoms with Gasteiger partial charge in [-0.3, -0.25) is 9.69 Å². The Bertz CT molecular complexity index is 1120. The number of rotatable bonds is 20. The van der Waals surface area contributed by atoms with Crippen molar-refractivity contribution in [2.75, 3.05) is 40.5 Å². The molecular weight excluding hydrogens is 564 g/mol. The minimum Gasteiger partial charge on any atom is -0.493 e. The van der Waals surface area contributed by atoms with Gasteiger partial charge in [0.25, 0.3) is 0 Å². The lowest BCUT2D eigenvalue weighted by molar-refractivity contribution is -0.126. The minimum absolute atomic E-state index is 0.167. The van der Waals surface area contributed by atoms with Crippen LogP contribution in [0.3, 0.4) is 0 Å². The van der Waals surface area contributed by atoms with Gasteiger partial charge in [0.1, 0.15) is 5.78 Å². The predicted octanol–water partition coefficient (Wildman–Crippen LogP) is 6.54. The van der Waals surface area contributed by atoms with Gasteiger partial charge in [-0.2, -0.15) is 0 Å². The Labute approximate surface area is 272 Å². The van der Waals surface area contributed by atoms with Crippen molar-refractivity contribution >= 4 is 5.78 Å². The summed E-state index contributed by atoms with van der Waals surface area (Å²) < 4.78 is 16.7. The molecule has 0 unspecified atom stereocenters. The highest BCUT2D eigenvalue weighted by atomic mass is 16.5. The highest BCUT2D eigenvalue weighted by Gasteiger charge is 2.31. The molecule has 1 aliphatic rings. The average molecular weight is 625 g/mol. The van der Waals surface area contributed by atoms with Crippen molar-refractivity contribution in [1.29, 1.82) is 0 Å². The van der Waals surface area contributed by atoms with E-state index in [0.29, 0.717) is 50.1 Å². The maximum atomic E-state index is 13.6. The van der Waals surface area contributed by atoms with E-state index in [4.69, 9.17) is 19.9 Å². The molecule has 1 aliphatic heterocycles. The summed E-state index contributed by atoms with van der Waals surface area (Å²) in [5.41, 5.74) is 9.16. The van der Waals surface area contributed by atoms with E-state index in [1.165, 1.54) is 5.56 Å². The first kappa shape index (κ1) is 37.0. The molecule has 2 aromatic rings. The van der Waals surface area contributed by atoms with Gasteiger partial charge in [0.05, 0.1) is 19.8 Å². The molecule has 0 radical (unpaired) electrons. The molecule has 0 aliphatic carbocycles. The number of aliphatic hydroxyl groups is 1. The van der Waals surface area contributed by atoms with Crippen molar-refractivity contribution < 1.29 is 24.1 Å². The molecule has 3 N–H and O–H groups in total. The number of ketones is 1. The fourth-order valence-electron chi connectivity index (χ4n) is 6.58. The second-order valence-corrected chi connectivity index (χ2v) is 13.8. The zero-order valence-electron chi connectivity index (χ0n) is 28.8. The van der Waals surface area contributed by atoms with Gasteiger partial charge in [0.2, 0.25) is 0 Å². The van der Waals surface area contributed by atoms with E-state index in [1.54, 1.807) is 14.2 Å². The third kappa shape index (κ3) is 12.3. The van der Waals surface area contributed by atoms with Crippen molar-refractivity contribution in [3.8, 4) is 11.5 Å². The lowest BCUT2D eigenvalue weighted by Gasteiger charge is -2.33. The Hall–Kier alpha value is -2.45. The number of carbonyl (C=O) groups excluding carboxylic acids is 1. The molecule has 0 aromatic heterocycles. The van der Waals surface area contributed by atoms with Crippen molar-refractivity contribution in [1.82, 2.24) is 4.90 Å². The van der Waals surface area contributed by atoms with E-state index in [0.717, 1.165) is 56.6 Å². The number of hydrogen-bond donors (Lipinski definition) is 2. The van der Waals surface area contributed by atoms with Crippen LogP contribution in [0.2, 0.25) is 0 Å². The standard InChI is InChI=1S/C38H60N2O5/c1-27(2)32(21-31-13-14-37(44-6)38(23-31)45-20-10-19-43-5)24-34(39)36(42)25-33(28(3)4)35(41)22-29-15-17-40(18-16-29)26-30-11-8-7-9-12-30/h7-9,11-14,23,27-29,32-34,36,42H,10,15-22,24-26,39H2,1-6H3/t32-,33-,34-,36-/m0/s1. The zero-order chi connectivity index (χ0) is 32.8. The van der Waals surface area contributed by atoms with Crippen LogP contribution in [0.5, 0.6) is 11.5 Å². The molecule has 0 saturated carbocycles. The largest absolute Gasteiger partial charge is 0.493 e. The van der Waals surface area contributed by atoms with Crippen molar-refractivity contribution in [3.63, 3.8) is 0 Å².